The van der Waals surface area contributed by atoms with Crippen LogP contribution in [0.3, 0.4) is 0 Å². The Labute approximate surface area is 242 Å². The van der Waals surface area contributed by atoms with Gasteiger partial charge in [-0.3, -0.25) is 19.4 Å². The molecule has 0 radical (unpaired) electrons. The van der Waals surface area contributed by atoms with Gasteiger partial charge in [-0.2, -0.15) is 13.2 Å². The number of benzene rings is 2. The third-order valence-corrected chi connectivity index (χ3v) is 7.99. The molecule has 2 N–H and O–H groups in total. The number of amides is 1. The van der Waals surface area contributed by atoms with E-state index in [1.807, 2.05) is 23.1 Å². The number of alkyl halides is 3. The van der Waals surface area contributed by atoms with Crippen molar-refractivity contribution in [1.29, 1.82) is 0 Å². The number of carboxylic acid groups (broad SMARTS) is 1. The van der Waals surface area contributed by atoms with Crippen molar-refractivity contribution in [1.82, 2.24) is 14.8 Å². The zero-order valence-corrected chi connectivity index (χ0v) is 23.3. The lowest BCUT2D eigenvalue weighted by Crippen LogP contribution is -2.33. The highest BCUT2D eigenvalue weighted by atomic mass is 19.4. The minimum Gasteiger partial charge on any atom is -0.480 e. The quantitative estimate of drug-likeness (QED) is 0.332. The molecule has 7 nitrogen and oxygen atoms in total. The second-order valence-corrected chi connectivity index (χ2v) is 10.9. The molecule has 0 aliphatic carbocycles. The Morgan fingerprint density at radius 1 is 1.05 bits per heavy atom. The van der Waals surface area contributed by atoms with E-state index in [-0.39, 0.29) is 12.5 Å². The van der Waals surface area contributed by atoms with Gasteiger partial charge in [-0.15, -0.1) is 0 Å². The maximum Gasteiger partial charge on any atom is 0.416 e. The molecule has 1 amide bonds. The van der Waals surface area contributed by atoms with Crippen LogP contribution in [0.5, 0.6) is 0 Å². The average Bonchev–Trinajstić information content (AvgIpc) is 3.37. The topological polar surface area (TPSA) is 85.8 Å². The molecule has 3 aromatic rings. The third-order valence-electron chi connectivity index (χ3n) is 7.99. The number of likely N-dealkylation sites (tertiary alicyclic amines) is 1. The van der Waals surface area contributed by atoms with E-state index in [1.165, 1.54) is 12.1 Å². The van der Waals surface area contributed by atoms with Gasteiger partial charge in [-0.25, -0.2) is 4.98 Å². The Kier molecular flexibility index (Phi) is 8.74. The standard InChI is InChI=1S/C32H33F3N4O3/c1-21-3-2-14-39(21)19-26-17-29(36-18-28(26)24-8-10-27(11-9-24)32(33,34)35)37-31(42)25-6-4-22(5-7-25)23-12-15-38(16-13-23)20-30(40)41/h4-12,17-18,21H,2-3,13-16,19-20H2,1H3,(H,40,41)(H,36,37,42)/t21-/m1/s1. The van der Waals surface area contributed by atoms with Gasteiger partial charge in [-0.1, -0.05) is 30.3 Å². The predicted molar refractivity (Wildman–Crippen MR) is 155 cm³/mol. The van der Waals surface area contributed by atoms with E-state index < -0.39 is 17.7 Å². The van der Waals surface area contributed by atoms with E-state index in [2.05, 4.69) is 22.1 Å². The molecule has 1 atom stereocenters. The third kappa shape index (κ3) is 7.06. The van der Waals surface area contributed by atoms with Crippen LogP contribution in [-0.2, 0) is 17.5 Å². The first kappa shape index (κ1) is 29.5. The van der Waals surface area contributed by atoms with Crippen LogP contribution in [0.1, 0.15) is 53.2 Å². The van der Waals surface area contributed by atoms with Crippen molar-refractivity contribution >= 4 is 23.3 Å². The number of carbonyl (C=O) groups is 2. The van der Waals surface area contributed by atoms with E-state index in [0.29, 0.717) is 42.6 Å². The van der Waals surface area contributed by atoms with Crippen LogP contribution in [0, 0.1) is 0 Å². The highest BCUT2D eigenvalue weighted by Crippen LogP contribution is 2.33. The number of rotatable bonds is 8. The Hall–Kier alpha value is -4.02. The van der Waals surface area contributed by atoms with Crippen LogP contribution in [0.15, 0.2) is 66.9 Å². The Balaban J connectivity index is 1.32. The molecule has 1 aromatic heterocycles. The number of halogens is 3. The number of nitrogens with one attached hydrogen (secondary N) is 1. The second kappa shape index (κ2) is 12.5. The smallest absolute Gasteiger partial charge is 0.416 e. The molecule has 3 heterocycles. The second-order valence-electron chi connectivity index (χ2n) is 10.9. The van der Waals surface area contributed by atoms with Crippen molar-refractivity contribution in [3.63, 3.8) is 0 Å². The molecule has 1 saturated heterocycles. The Morgan fingerprint density at radius 3 is 2.36 bits per heavy atom. The number of hydrogen-bond donors (Lipinski definition) is 2. The zero-order chi connectivity index (χ0) is 29.9. The number of carboxylic acids is 1. The lowest BCUT2D eigenvalue weighted by Gasteiger charge is -2.24. The molecular formula is C32H33F3N4O3. The minimum atomic E-state index is -4.41. The van der Waals surface area contributed by atoms with Crippen molar-refractivity contribution in [2.24, 2.45) is 0 Å². The SMILES string of the molecule is C[C@@H]1CCCN1Cc1cc(NC(=O)c2ccc(C3=CCN(CC(=O)O)CC3)cc2)ncc1-c1ccc(C(F)(F)F)cc1. The summed E-state index contributed by atoms with van der Waals surface area (Å²) in [6, 6.07) is 14.5. The molecule has 2 aromatic carbocycles. The Morgan fingerprint density at radius 2 is 1.76 bits per heavy atom. The van der Waals surface area contributed by atoms with Crippen molar-refractivity contribution in [3.05, 3.63) is 89.1 Å². The summed E-state index contributed by atoms with van der Waals surface area (Å²) < 4.78 is 39.3. The van der Waals surface area contributed by atoms with Crippen LogP contribution in [0.25, 0.3) is 16.7 Å². The van der Waals surface area contributed by atoms with Gasteiger partial charge in [0.25, 0.3) is 5.91 Å². The summed E-state index contributed by atoms with van der Waals surface area (Å²) in [4.78, 5) is 32.7. The van der Waals surface area contributed by atoms with Gasteiger partial charge in [0.15, 0.2) is 0 Å². The summed E-state index contributed by atoms with van der Waals surface area (Å²) in [6.07, 6.45) is 2.11. The predicted octanol–water partition coefficient (Wildman–Crippen LogP) is 6.18. The largest absolute Gasteiger partial charge is 0.480 e. The van der Waals surface area contributed by atoms with E-state index in [4.69, 9.17) is 5.11 Å². The summed E-state index contributed by atoms with van der Waals surface area (Å²) in [6.45, 7) is 4.92. The molecule has 1 fully saturated rings. The molecule has 42 heavy (non-hydrogen) atoms. The van der Waals surface area contributed by atoms with E-state index in [9.17, 15) is 22.8 Å². The first-order valence-corrected chi connectivity index (χ1v) is 14.0. The summed E-state index contributed by atoms with van der Waals surface area (Å²) in [7, 11) is 0. The van der Waals surface area contributed by atoms with Crippen molar-refractivity contribution in [2.75, 3.05) is 31.5 Å². The van der Waals surface area contributed by atoms with Crippen LogP contribution >= 0.6 is 0 Å². The number of aromatic nitrogens is 1. The van der Waals surface area contributed by atoms with Gasteiger partial charge in [0, 0.05) is 43.0 Å². The first-order valence-electron chi connectivity index (χ1n) is 14.0. The van der Waals surface area contributed by atoms with Gasteiger partial charge in [0.1, 0.15) is 5.82 Å². The highest BCUT2D eigenvalue weighted by Gasteiger charge is 2.30. The number of hydrogen-bond acceptors (Lipinski definition) is 5. The van der Waals surface area contributed by atoms with Gasteiger partial charge >= 0.3 is 12.1 Å². The van der Waals surface area contributed by atoms with Crippen molar-refractivity contribution < 1.29 is 27.9 Å². The van der Waals surface area contributed by atoms with E-state index in [1.54, 1.807) is 24.4 Å². The highest BCUT2D eigenvalue weighted by molar-refractivity contribution is 6.04. The molecule has 220 valence electrons. The maximum absolute atomic E-state index is 13.1. The molecule has 2 aliphatic rings. The number of pyridine rings is 1. The van der Waals surface area contributed by atoms with Crippen LogP contribution in [0.4, 0.5) is 19.0 Å². The monoisotopic (exact) mass is 578 g/mol. The lowest BCUT2D eigenvalue weighted by atomic mass is 9.98. The molecule has 2 aliphatic heterocycles. The fourth-order valence-corrected chi connectivity index (χ4v) is 5.57. The van der Waals surface area contributed by atoms with Gasteiger partial charge in [0.2, 0.25) is 0 Å². The van der Waals surface area contributed by atoms with Crippen LogP contribution in [0.2, 0.25) is 0 Å². The minimum absolute atomic E-state index is 0.0149. The van der Waals surface area contributed by atoms with Crippen molar-refractivity contribution in [3.8, 4) is 11.1 Å². The zero-order valence-electron chi connectivity index (χ0n) is 23.3. The molecule has 0 saturated carbocycles. The lowest BCUT2D eigenvalue weighted by molar-refractivity contribution is -0.138. The summed E-state index contributed by atoms with van der Waals surface area (Å²) >= 11 is 0. The first-order chi connectivity index (χ1) is 20.1. The average molecular weight is 579 g/mol. The number of anilines is 1. The fourth-order valence-electron chi connectivity index (χ4n) is 5.57. The normalized spacial score (nSPS) is 18.1. The van der Waals surface area contributed by atoms with Gasteiger partial charge < -0.3 is 10.4 Å². The van der Waals surface area contributed by atoms with Gasteiger partial charge in [-0.05, 0) is 85.3 Å². The molecule has 10 heteroatoms. The van der Waals surface area contributed by atoms with E-state index >= 15 is 0 Å². The Bertz CT molecular complexity index is 1470. The van der Waals surface area contributed by atoms with Crippen LogP contribution < -0.4 is 5.32 Å². The van der Waals surface area contributed by atoms with Gasteiger partial charge in [0.05, 0.1) is 12.1 Å². The molecule has 0 unspecified atom stereocenters. The number of carbonyl (C=O) groups excluding carboxylic acids is 1. The summed E-state index contributed by atoms with van der Waals surface area (Å²) in [5.41, 5.74) is 4.11. The van der Waals surface area contributed by atoms with Crippen molar-refractivity contribution in [2.45, 2.75) is 44.9 Å². The maximum atomic E-state index is 13.1. The molecule has 5 rings (SSSR count). The number of aliphatic carboxylic acids is 1. The van der Waals surface area contributed by atoms with Crippen LogP contribution in [-0.4, -0.2) is 64.0 Å². The van der Waals surface area contributed by atoms with E-state index in [0.717, 1.165) is 60.2 Å². The molecule has 0 spiro atoms. The molecular weight excluding hydrogens is 545 g/mol. The summed E-state index contributed by atoms with van der Waals surface area (Å²) in [5, 5.41) is 11.9. The number of nitrogens with zero attached hydrogens (tertiary/aromatic N) is 3. The fraction of sp³-hybridized carbons (Fsp3) is 0.344. The molecule has 0 bridgehead atoms. The summed E-state index contributed by atoms with van der Waals surface area (Å²) in [5.74, 6) is -0.791.